The van der Waals surface area contributed by atoms with Crippen LogP contribution >= 0.6 is 11.8 Å². The zero-order chi connectivity index (χ0) is 14.7. The summed E-state index contributed by atoms with van der Waals surface area (Å²) in [5.74, 6) is 4.31. The summed E-state index contributed by atoms with van der Waals surface area (Å²) in [6.07, 6.45) is 8.97. The van der Waals surface area contributed by atoms with Crippen LogP contribution in [0.15, 0.2) is 18.2 Å². The second-order valence-corrected chi connectivity index (χ2v) is 8.13. The van der Waals surface area contributed by atoms with Crippen LogP contribution in [-0.4, -0.2) is 17.5 Å². The van der Waals surface area contributed by atoms with Gasteiger partial charge in [0, 0.05) is 6.04 Å². The summed E-state index contributed by atoms with van der Waals surface area (Å²) in [7, 11) is 0. The summed E-state index contributed by atoms with van der Waals surface area (Å²) < 4.78 is 0. The molecule has 0 bridgehead atoms. The zero-order valence-corrected chi connectivity index (χ0v) is 14.1. The lowest BCUT2D eigenvalue weighted by Gasteiger charge is -2.25. The minimum absolute atomic E-state index is 0.436. The highest BCUT2D eigenvalue weighted by Gasteiger charge is 2.25. The van der Waals surface area contributed by atoms with E-state index in [4.69, 9.17) is 5.73 Å². The summed E-state index contributed by atoms with van der Waals surface area (Å²) in [5, 5.41) is 0. The molecule has 1 nitrogen and oxygen atoms in total. The van der Waals surface area contributed by atoms with Gasteiger partial charge in [0.15, 0.2) is 0 Å². The molecule has 0 heterocycles. The zero-order valence-electron chi connectivity index (χ0n) is 13.3. The van der Waals surface area contributed by atoms with Crippen LogP contribution in [0.2, 0.25) is 0 Å². The molecular formula is C19H29NS. The third kappa shape index (κ3) is 3.84. The first kappa shape index (κ1) is 15.4. The van der Waals surface area contributed by atoms with E-state index in [0.717, 1.165) is 11.8 Å². The third-order valence-electron chi connectivity index (χ3n) is 5.21. The highest BCUT2D eigenvalue weighted by molar-refractivity contribution is 7.99. The number of hydrogen-bond acceptors (Lipinski definition) is 2. The first-order valence-corrected chi connectivity index (χ1v) is 9.86. The van der Waals surface area contributed by atoms with Gasteiger partial charge in [-0.1, -0.05) is 25.1 Å². The van der Waals surface area contributed by atoms with Crippen molar-refractivity contribution in [1.29, 1.82) is 0 Å². The standard InChI is InChI=1S/C19H29NS/c1-2-9-21-13-14-3-4-16-11-17(6-5-15(16)10-14)18-7-8-19(20)12-18/h5-6,11,14,18-19H,2-4,7-10,12-13,20H2,1H3/t14-,18?,19?/m1/s1. The van der Waals surface area contributed by atoms with Gasteiger partial charge in [0.2, 0.25) is 0 Å². The van der Waals surface area contributed by atoms with Crippen LogP contribution in [0, 0.1) is 5.92 Å². The monoisotopic (exact) mass is 303 g/mol. The van der Waals surface area contributed by atoms with Crippen molar-refractivity contribution in [3.05, 3.63) is 34.9 Å². The van der Waals surface area contributed by atoms with Crippen LogP contribution in [0.1, 0.15) is 61.6 Å². The first-order valence-electron chi connectivity index (χ1n) is 8.71. The van der Waals surface area contributed by atoms with E-state index in [1.165, 1.54) is 56.5 Å². The molecule has 0 spiro atoms. The van der Waals surface area contributed by atoms with Gasteiger partial charge in [-0.05, 0) is 85.0 Å². The lowest BCUT2D eigenvalue weighted by atomic mass is 9.82. The number of thioether (sulfide) groups is 1. The van der Waals surface area contributed by atoms with Gasteiger partial charge in [-0.25, -0.2) is 0 Å². The van der Waals surface area contributed by atoms with Crippen LogP contribution in [0.5, 0.6) is 0 Å². The second-order valence-electron chi connectivity index (χ2n) is 6.98. The summed E-state index contributed by atoms with van der Waals surface area (Å²) in [5.41, 5.74) is 10.9. The summed E-state index contributed by atoms with van der Waals surface area (Å²) >= 11 is 2.14. The van der Waals surface area contributed by atoms with E-state index in [-0.39, 0.29) is 0 Å². The van der Waals surface area contributed by atoms with Crippen molar-refractivity contribution < 1.29 is 0 Å². The van der Waals surface area contributed by atoms with E-state index < -0.39 is 0 Å². The summed E-state index contributed by atoms with van der Waals surface area (Å²) in [4.78, 5) is 0. The average molecular weight is 304 g/mol. The van der Waals surface area contributed by atoms with Crippen molar-refractivity contribution in [3.63, 3.8) is 0 Å². The third-order valence-corrected chi connectivity index (χ3v) is 6.61. The van der Waals surface area contributed by atoms with Crippen molar-refractivity contribution in [1.82, 2.24) is 0 Å². The Kier molecular flexibility index (Phi) is 5.29. The molecule has 1 aromatic carbocycles. The predicted molar refractivity (Wildman–Crippen MR) is 94.1 cm³/mol. The van der Waals surface area contributed by atoms with Gasteiger partial charge in [-0.15, -0.1) is 0 Å². The molecule has 1 aromatic rings. The maximum Gasteiger partial charge on any atom is 0.00448 e. The van der Waals surface area contributed by atoms with Gasteiger partial charge in [0.05, 0.1) is 0 Å². The van der Waals surface area contributed by atoms with Gasteiger partial charge in [-0.2, -0.15) is 11.8 Å². The molecule has 3 rings (SSSR count). The Morgan fingerprint density at radius 2 is 2.10 bits per heavy atom. The Morgan fingerprint density at radius 3 is 2.86 bits per heavy atom. The number of hydrogen-bond donors (Lipinski definition) is 1. The molecule has 2 aliphatic carbocycles. The van der Waals surface area contributed by atoms with E-state index >= 15 is 0 Å². The first-order chi connectivity index (χ1) is 10.3. The lowest BCUT2D eigenvalue weighted by Crippen LogP contribution is -2.17. The Morgan fingerprint density at radius 1 is 1.19 bits per heavy atom. The van der Waals surface area contributed by atoms with E-state index in [9.17, 15) is 0 Å². The molecule has 0 aliphatic heterocycles. The van der Waals surface area contributed by atoms with Gasteiger partial charge >= 0.3 is 0 Å². The predicted octanol–water partition coefficient (Wildman–Crippen LogP) is 4.53. The molecule has 21 heavy (non-hydrogen) atoms. The molecule has 116 valence electrons. The Hall–Kier alpha value is -0.470. The molecule has 2 unspecified atom stereocenters. The minimum Gasteiger partial charge on any atom is -0.328 e. The van der Waals surface area contributed by atoms with Crippen LogP contribution in [0.3, 0.4) is 0 Å². The SMILES string of the molecule is CCCSC[C@@H]1CCc2cc(C3CCC(N)C3)ccc2C1. The molecule has 2 aliphatic rings. The molecule has 2 heteroatoms. The number of aryl methyl sites for hydroxylation is 1. The van der Waals surface area contributed by atoms with Crippen molar-refractivity contribution >= 4 is 11.8 Å². The quantitative estimate of drug-likeness (QED) is 0.809. The normalized spacial score (nSPS) is 28.6. The Bertz CT molecular complexity index is 471. The van der Waals surface area contributed by atoms with Gasteiger partial charge in [-0.3, -0.25) is 0 Å². The lowest BCUT2D eigenvalue weighted by molar-refractivity contribution is 0.508. The van der Waals surface area contributed by atoms with Gasteiger partial charge in [0.25, 0.3) is 0 Å². The number of rotatable bonds is 5. The van der Waals surface area contributed by atoms with Crippen LogP contribution in [0.4, 0.5) is 0 Å². The molecule has 1 fully saturated rings. The fraction of sp³-hybridized carbons (Fsp3) is 0.684. The van der Waals surface area contributed by atoms with Crippen LogP contribution in [0.25, 0.3) is 0 Å². The second kappa shape index (κ2) is 7.19. The maximum atomic E-state index is 6.07. The van der Waals surface area contributed by atoms with Crippen LogP contribution < -0.4 is 5.73 Å². The van der Waals surface area contributed by atoms with Crippen molar-refractivity contribution in [2.75, 3.05) is 11.5 Å². The van der Waals surface area contributed by atoms with Crippen molar-refractivity contribution in [2.24, 2.45) is 11.7 Å². The molecule has 0 aromatic heterocycles. The molecule has 0 saturated heterocycles. The van der Waals surface area contributed by atoms with Crippen LogP contribution in [-0.2, 0) is 12.8 Å². The summed E-state index contributed by atoms with van der Waals surface area (Å²) in [6, 6.07) is 7.76. The Balaban J connectivity index is 1.62. The average Bonchev–Trinajstić information content (AvgIpc) is 2.93. The van der Waals surface area contributed by atoms with E-state index in [1.54, 1.807) is 16.7 Å². The van der Waals surface area contributed by atoms with E-state index in [0.29, 0.717) is 6.04 Å². The van der Waals surface area contributed by atoms with Gasteiger partial charge in [0.1, 0.15) is 0 Å². The van der Waals surface area contributed by atoms with Gasteiger partial charge < -0.3 is 5.73 Å². The fourth-order valence-corrected chi connectivity index (χ4v) is 5.03. The summed E-state index contributed by atoms with van der Waals surface area (Å²) in [6.45, 7) is 2.28. The highest BCUT2D eigenvalue weighted by atomic mass is 32.2. The Labute approximate surface area is 134 Å². The number of benzene rings is 1. The largest absolute Gasteiger partial charge is 0.328 e. The minimum atomic E-state index is 0.436. The molecule has 0 amide bonds. The molecular weight excluding hydrogens is 274 g/mol. The van der Waals surface area contributed by atoms with E-state index in [2.05, 4.69) is 36.9 Å². The molecule has 0 radical (unpaired) electrons. The molecule has 1 saturated carbocycles. The molecule has 2 N–H and O–H groups in total. The fourth-order valence-electron chi connectivity index (χ4n) is 3.96. The maximum absolute atomic E-state index is 6.07. The van der Waals surface area contributed by atoms with E-state index in [1.807, 2.05) is 0 Å². The van der Waals surface area contributed by atoms with Crippen molar-refractivity contribution in [2.45, 2.75) is 63.8 Å². The number of nitrogens with two attached hydrogens (primary N) is 1. The topological polar surface area (TPSA) is 26.0 Å². The number of fused-ring (bicyclic) bond motifs is 1. The molecule has 3 atom stereocenters. The van der Waals surface area contributed by atoms with Crippen molar-refractivity contribution in [3.8, 4) is 0 Å². The highest BCUT2D eigenvalue weighted by Crippen LogP contribution is 2.36. The smallest absolute Gasteiger partial charge is 0.00448 e.